The molecule has 1 aliphatic rings. The van der Waals surface area contributed by atoms with E-state index in [-0.39, 0.29) is 11.1 Å². The maximum atomic E-state index is 13.1. The molecule has 0 saturated carbocycles. The number of hydrogen-bond donors (Lipinski definition) is 4. The molecule has 1 heterocycles. The largest absolute Gasteiger partial charge is 0.481 e. The van der Waals surface area contributed by atoms with E-state index in [4.69, 9.17) is 0 Å². The first-order valence-corrected chi connectivity index (χ1v) is 9.15. The number of aliphatic hydroxyl groups excluding tert-OH is 2. The number of fused-ring (bicyclic) bond motifs is 1. The molecule has 2 aromatic carbocycles. The quantitative estimate of drug-likeness (QED) is 0.586. The van der Waals surface area contributed by atoms with E-state index in [1.165, 1.54) is 31.2 Å². The van der Waals surface area contributed by atoms with Gasteiger partial charge in [0.25, 0.3) is 5.91 Å². The Balaban J connectivity index is 2.22. The van der Waals surface area contributed by atoms with Crippen LogP contribution in [0.4, 0.5) is 10.5 Å². The van der Waals surface area contributed by atoms with Crippen molar-refractivity contribution in [3.05, 3.63) is 64.2 Å². The average Bonchev–Trinajstić information content (AvgIpc) is 2.75. The molecule has 0 aromatic heterocycles. The summed E-state index contributed by atoms with van der Waals surface area (Å²) in [6.07, 6.45) is -0.727. The summed E-state index contributed by atoms with van der Waals surface area (Å²) in [6, 6.07) is 8.52. The number of ether oxygens (including phenoxy) is 1. The molecule has 0 aliphatic carbocycles. The highest BCUT2D eigenvalue weighted by atomic mass is 16.5. The Morgan fingerprint density at radius 3 is 2.33 bits per heavy atom. The summed E-state index contributed by atoms with van der Waals surface area (Å²) in [6.45, 7) is -0.808. The second kappa shape index (κ2) is 8.52. The van der Waals surface area contributed by atoms with Crippen LogP contribution in [0.1, 0.15) is 44.6 Å². The van der Waals surface area contributed by atoms with Gasteiger partial charge in [-0.1, -0.05) is 24.3 Å². The highest BCUT2D eigenvalue weighted by Gasteiger charge is 2.44. The molecule has 30 heavy (non-hydrogen) atoms. The van der Waals surface area contributed by atoms with E-state index < -0.39 is 43.1 Å². The summed E-state index contributed by atoms with van der Waals surface area (Å²) in [4.78, 5) is 38.5. The topological polar surface area (TPSA) is 136 Å². The minimum Gasteiger partial charge on any atom is -0.481 e. The average molecular weight is 414 g/mol. The molecule has 0 spiro atoms. The van der Waals surface area contributed by atoms with E-state index in [1.54, 1.807) is 24.3 Å². The number of carbonyl (C=O) groups excluding carboxylic acids is 2. The van der Waals surface area contributed by atoms with Crippen LogP contribution >= 0.6 is 0 Å². The molecular formula is C21H22N2O7. The Bertz CT molecular complexity index is 1000. The van der Waals surface area contributed by atoms with Gasteiger partial charge in [-0.3, -0.25) is 14.9 Å². The maximum Gasteiger partial charge on any atom is 0.411 e. The van der Waals surface area contributed by atoms with Gasteiger partial charge in [0.2, 0.25) is 0 Å². The number of amides is 2. The third-order valence-electron chi connectivity index (χ3n) is 5.30. The van der Waals surface area contributed by atoms with Crippen molar-refractivity contribution in [3.8, 4) is 0 Å². The number of hydrogen-bond acceptors (Lipinski definition) is 6. The highest BCUT2D eigenvalue weighted by molar-refractivity contribution is 6.01. The molecule has 0 bridgehead atoms. The summed E-state index contributed by atoms with van der Waals surface area (Å²) < 4.78 is 4.63. The lowest BCUT2D eigenvalue weighted by Crippen LogP contribution is -2.43. The number of carboxylic acids is 1. The van der Waals surface area contributed by atoms with Crippen LogP contribution in [0.5, 0.6) is 0 Å². The number of likely N-dealkylation sites (N-methyl/N-ethyl adjacent to an activating group) is 1. The molecule has 0 saturated heterocycles. The van der Waals surface area contributed by atoms with Crippen molar-refractivity contribution >= 4 is 23.7 Å². The van der Waals surface area contributed by atoms with E-state index in [2.05, 4.69) is 10.1 Å². The number of nitrogens with one attached hydrogen (secondary N) is 1. The number of nitrogens with zero attached hydrogens (tertiary/aromatic N) is 1. The molecule has 0 unspecified atom stereocenters. The van der Waals surface area contributed by atoms with Crippen LogP contribution in [-0.2, 0) is 22.7 Å². The fourth-order valence-electron chi connectivity index (χ4n) is 3.84. The lowest BCUT2D eigenvalue weighted by Gasteiger charge is -2.39. The van der Waals surface area contributed by atoms with Crippen LogP contribution in [0.3, 0.4) is 0 Å². The molecule has 1 aliphatic heterocycles. The number of aliphatic hydroxyl groups is 2. The van der Waals surface area contributed by atoms with Gasteiger partial charge in [-0.05, 0) is 34.4 Å². The van der Waals surface area contributed by atoms with Crippen LogP contribution in [0.25, 0.3) is 0 Å². The Hall–Kier alpha value is -3.43. The van der Waals surface area contributed by atoms with Crippen molar-refractivity contribution in [1.82, 2.24) is 4.90 Å². The van der Waals surface area contributed by atoms with Crippen molar-refractivity contribution in [2.24, 2.45) is 0 Å². The van der Waals surface area contributed by atoms with Gasteiger partial charge in [-0.15, -0.1) is 0 Å². The van der Waals surface area contributed by atoms with Crippen LogP contribution in [0.15, 0.2) is 36.4 Å². The van der Waals surface area contributed by atoms with Crippen molar-refractivity contribution < 1.29 is 34.4 Å². The maximum absolute atomic E-state index is 13.1. The molecule has 2 atom stereocenters. The number of methoxy groups -OCH3 is 1. The van der Waals surface area contributed by atoms with Gasteiger partial charge in [-0.25, -0.2) is 4.79 Å². The SMILES string of the molecule is COC(=O)Nc1ccccc1[C@@H]1[C@H](C(=O)O)c2cc(CO)c(CO)cc2C(=O)N1C. The number of benzene rings is 2. The van der Waals surface area contributed by atoms with Gasteiger partial charge in [0.15, 0.2) is 0 Å². The molecule has 3 rings (SSSR count). The Morgan fingerprint density at radius 2 is 1.73 bits per heavy atom. The second-order valence-corrected chi connectivity index (χ2v) is 6.91. The molecule has 9 nitrogen and oxygen atoms in total. The molecule has 2 aromatic rings. The molecule has 0 fully saturated rings. The third kappa shape index (κ3) is 3.60. The Labute approximate surface area is 172 Å². The smallest absolute Gasteiger partial charge is 0.411 e. The van der Waals surface area contributed by atoms with Crippen LogP contribution in [0.2, 0.25) is 0 Å². The number of aliphatic carboxylic acids is 1. The summed E-state index contributed by atoms with van der Waals surface area (Å²) in [5, 5.41) is 31.8. The van der Waals surface area contributed by atoms with Crippen molar-refractivity contribution in [2.75, 3.05) is 19.5 Å². The van der Waals surface area contributed by atoms with E-state index >= 15 is 0 Å². The first kappa shape index (κ1) is 21.3. The summed E-state index contributed by atoms with van der Waals surface area (Å²) in [5.74, 6) is -2.77. The molecule has 4 N–H and O–H groups in total. The van der Waals surface area contributed by atoms with Crippen molar-refractivity contribution in [3.63, 3.8) is 0 Å². The van der Waals surface area contributed by atoms with Gasteiger partial charge in [-0.2, -0.15) is 0 Å². The lowest BCUT2D eigenvalue weighted by molar-refractivity contribution is -0.140. The second-order valence-electron chi connectivity index (χ2n) is 6.91. The predicted molar refractivity (Wildman–Crippen MR) is 106 cm³/mol. The normalized spacial score (nSPS) is 18.0. The van der Waals surface area contributed by atoms with Gasteiger partial charge in [0.1, 0.15) is 5.92 Å². The monoisotopic (exact) mass is 414 g/mol. The number of carboxylic acid groups (broad SMARTS) is 1. The zero-order valence-electron chi connectivity index (χ0n) is 16.5. The third-order valence-corrected chi connectivity index (χ3v) is 5.30. The van der Waals surface area contributed by atoms with E-state index in [1.807, 2.05) is 0 Å². The van der Waals surface area contributed by atoms with Crippen LogP contribution in [-0.4, -0.2) is 52.3 Å². The molecule has 2 amide bonds. The van der Waals surface area contributed by atoms with Crippen LogP contribution in [0, 0.1) is 0 Å². The van der Waals surface area contributed by atoms with E-state index in [9.17, 15) is 29.7 Å². The van der Waals surface area contributed by atoms with E-state index in [0.717, 1.165) is 0 Å². The number of anilines is 1. The standard InChI is InChI=1S/C21H22N2O7/c1-23-18(13-5-3-4-6-16(13)22-21(29)30-2)17(20(27)28)14-7-11(9-24)12(10-25)8-15(14)19(23)26/h3-8,17-18,24-25H,9-10H2,1-2H3,(H,22,29)(H,27,28)/t17-,18-/m1/s1. The fraction of sp³-hybridized carbons (Fsp3) is 0.286. The number of rotatable bonds is 5. The van der Waals surface area contributed by atoms with Gasteiger partial charge >= 0.3 is 12.1 Å². The minimum absolute atomic E-state index is 0.154. The fourth-order valence-corrected chi connectivity index (χ4v) is 3.84. The van der Waals surface area contributed by atoms with E-state index in [0.29, 0.717) is 22.4 Å². The highest BCUT2D eigenvalue weighted by Crippen LogP contribution is 2.45. The number of para-hydroxylation sites is 1. The predicted octanol–water partition coefficient (Wildman–Crippen LogP) is 1.84. The van der Waals surface area contributed by atoms with Crippen LogP contribution < -0.4 is 5.32 Å². The summed E-state index contributed by atoms with van der Waals surface area (Å²) in [7, 11) is 2.69. The minimum atomic E-state index is -1.17. The zero-order chi connectivity index (χ0) is 22.0. The van der Waals surface area contributed by atoms with Gasteiger partial charge < -0.3 is 25.0 Å². The molecular weight excluding hydrogens is 392 g/mol. The van der Waals surface area contributed by atoms with Crippen molar-refractivity contribution in [1.29, 1.82) is 0 Å². The molecule has 158 valence electrons. The summed E-state index contributed by atoms with van der Waals surface area (Å²) in [5.41, 5.74) is 1.84. The lowest BCUT2D eigenvalue weighted by atomic mass is 9.78. The molecule has 9 heteroatoms. The Morgan fingerprint density at radius 1 is 1.10 bits per heavy atom. The summed E-state index contributed by atoms with van der Waals surface area (Å²) >= 11 is 0. The zero-order valence-corrected chi connectivity index (χ0v) is 16.5. The molecule has 0 radical (unpaired) electrons. The van der Waals surface area contributed by atoms with Gasteiger partial charge in [0, 0.05) is 18.3 Å². The van der Waals surface area contributed by atoms with Gasteiger partial charge in [0.05, 0.1) is 26.4 Å². The first-order valence-electron chi connectivity index (χ1n) is 9.15. The van der Waals surface area contributed by atoms with Crippen molar-refractivity contribution in [2.45, 2.75) is 25.2 Å². The first-order chi connectivity index (χ1) is 14.3. The number of carbonyl (C=O) groups is 3. The Kier molecular flexibility index (Phi) is 6.04.